The first-order valence-electron chi connectivity index (χ1n) is 14.4. The minimum atomic E-state index is 0.0213. The Hall–Kier alpha value is -3.15. The number of nitrogens with zero attached hydrogens (tertiary/aromatic N) is 3. The largest absolute Gasteiger partial charge is 0.368 e. The van der Waals surface area contributed by atoms with Crippen molar-refractivity contribution < 1.29 is 4.79 Å². The molecule has 0 aliphatic carbocycles. The Morgan fingerprint density at radius 3 is 2.37 bits per heavy atom. The molecule has 200 valence electrons. The molecule has 0 radical (unpaired) electrons. The van der Waals surface area contributed by atoms with Gasteiger partial charge in [0, 0.05) is 56.1 Å². The normalized spacial score (nSPS) is 16.6. The Labute approximate surface area is 228 Å². The van der Waals surface area contributed by atoms with E-state index >= 15 is 0 Å². The summed E-state index contributed by atoms with van der Waals surface area (Å²) in [4.78, 5) is 20.5. The Bertz CT molecular complexity index is 1190. The van der Waals surface area contributed by atoms with Crippen LogP contribution in [0.15, 0.2) is 72.8 Å². The SMILES string of the molecule is Cc1cccc(CCN2CCN(c3ccccc3-c3cccc(C(=O)NCCCN4CCCC4)c3)CC2)c1. The molecule has 0 spiro atoms. The molecule has 0 bridgehead atoms. The molecule has 38 heavy (non-hydrogen) atoms. The van der Waals surface area contributed by atoms with Gasteiger partial charge in [0.15, 0.2) is 0 Å². The molecule has 0 aromatic heterocycles. The number of carbonyl (C=O) groups excluding carboxylic acids is 1. The molecule has 2 saturated heterocycles. The summed E-state index contributed by atoms with van der Waals surface area (Å²) in [6.07, 6.45) is 4.73. The molecule has 1 amide bonds. The maximum absolute atomic E-state index is 12.9. The first kappa shape index (κ1) is 26.5. The van der Waals surface area contributed by atoms with Crippen molar-refractivity contribution in [2.24, 2.45) is 0 Å². The van der Waals surface area contributed by atoms with Crippen LogP contribution >= 0.6 is 0 Å². The van der Waals surface area contributed by atoms with Crippen molar-refractivity contribution in [2.75, 3.05) is 63.8 Å². The molecule has 0 atom stereocenters. The van der Waals surface area contributed by atoms with Crippen molar-refractivity contribution in [2.45, 2.75) is 32.6 Å². The number of benzene rings is 3. The van der Waals surface area contributed by atoms with E-state index in [1.807, 2.05) is 18.2 Å². The van der Waals surface area contributed by atoms with Gasteiger partial charge >= 0.3 is 0 Å². The molecule has 0 saturated carbocycles. The summed E-state index contributed by atoms with van der Waals surface area (Å²) >= 11 is 0. The Morgan fingerprint density at radius 1 is 0.789 bits per heavy atom. The Kier molecular flexibility index (Phi) is 9.11. The highest BCUT2D eigenvalue weighted by Crippen LogP contribution is 2.32. The van der Waals surface area contributed by atoms with Crippen LogP contribution in [0.3, 0.4) is 0 Å². The maximum Gasteiger partial charge on any atom is 0.251 e. The minimum absolute atomic E-state index is 0.0213. The number of carbonyl (C=O) groups is 1. The number of aryl methyl sites for hydroxylation is 1. The minimum Gasteiger partial charge on any atom is -0.368 e. The summed E-state index contributed by atoms with van der Waals surface area (Å²) in [5.74, 6) is 0.0213. The van der Waals surface area contributed by atoms with Crippen molar-refractivity contribution in [1.82, 2.24) is 15.1 Å². The Morgan fingerprint density at radius 2 is 1.55 bits per heavy atom. The van der Waals surface area contributed by atoms with E-state index in [4.69, 9.17) is 0 Å². The lowest BCUT2D eigenvalue weighted by Crippen LogP contribution is -2.47. The summed E-state index contributed by atoms with van der Waals surface area (Å²) in [5.41, 5.74) is 7.06. The number of para-hydroxylation sites is 1. The third-order valence-electron chi connectivity index (χ3n) is 7.99. The van der Waals surface area contributed by atoms with Gasteiger partial charge in [-0.2, -0.15) is 0 Å². The summed E-state index contributed by atoms with van der Waals surface area (Å²) in [7, 11) is 0. The second-order valence-corrected chi connectivity index (χ2v) is 10.8. The molecule has 2 fully saturated rings. The van der Waals surface area contributed by atoms with Gasteiger partial charge in [-0.1, -0.05) is 60.2 Å². The van der Waals surface area contributed by atoms with Gasteiger partial charge in [0.25, 0.3) is 5.91 Å². The second kappa shape index (κ2) is 13.1. The highest BCUT2D eigenvalue weighted by molar-refractivity contribution is 5.96. The zero-order valence-corrected chi connectivity index (χ0v) is 22.9. The van der Waals surface area contributed by atoms with Crippen molar-refractivity contribution in [3.63, 3.8) is 0 Å². The molecular weight excluding hydrogens is 468 g/mol. The lowest BCUT2D eigenvalue weighted by Gasteiger charge is -2.37. The summed E-state index contributed by atoms with van der Waals surface area (Å²) < 4.78 is 0. The number of anilines is 1. The predicted octanol–water partition coefficient (Wildman–Crippen LogP) is 5.24. The van der Waals surface area contributed by atoms with E-state index in [1.54, 1.807) is 0 Å². The third kappa shape index (κ3) is 7.03. The van der Waals surface area contributed by atoms with E-state index in [2.05, 4.69) is 81.5 Å². The van der Waals surface area contributed by atoms with E-state index in [0.29, 0.717) is 0 Å². The van der Waals surface area contributed by atoms with Crippen LogP contribution < -0.4 is 10.2 Å². The van der Waals surface area contributed by atoms with Crippen molar-refractivity contribution in [3.8, 4) is 11.1 Å². The van der Waals surface area contributed by atoms with Crippen LogP contribution in [0.2, 0.25) is 0 Å². The number of likely N-dealkylation sites (tertiary alicyclic amines) is 1. The zero-order chi connectivity index (χ0) is 26.2. The van der Waals surface area contributed by atoms with Crippen LogP contribution in [0.25, 0.3) is 11.1 Å². The quantitative estimate of drug-likeness (QED) is 0.379. The van der Waals surface area contributed by atoms with E-state index in [-0.39, 0.29) is 5.91 Å². The van der Waals surface area contributed by atoms with Gasteiger partial charge < -0.3 is 15.1 Å². The second-order valence-electron chi connectivity index (χ2n) is 10.8. The smallest absolute Gasteiger partial charge is 0.251 e. The van der Waals surface area contributed by atoms with Gasteiger partial charge in [-0.15, -0.1) is 0 Å². The monoisotopic (exact) mass is 510 g/mol. The molecule has 1 N–H and O–H groups in total. The first-order chi connectivity index (χ1) is 18.7. The van der Waals surface area contributed by atoms with Gasteiger partial charge in [-0.05, 0) is 81.6 Å². The molecule has 3 aromatic carbocycles. The number of rotatable bonds is 10. The fourth-order valence-electron chi connectivity index (χ4n) is 5.80. The average molecular weight is 511 g/mol. The van der Waals surface area contributed by atoms with Crippen LogP contribution in [-0.4, -0.2) is 74.6 Å². The molecule has 2 aliphatic rings. The van der Waals surface area contributed by atoms with Gasteiger partial charge in [0.1, 0.15) is 0 Å². The van der Waals surface area contributed by atoms with Crippen molar-refractivity contribution in [1.29, 1.82) is 0 Å². The number of nitrogens with one attached hydrogen (secondary N) is 1. The van der Waals surface area contributed by atoms with Gasteiger partial charge in [-0.25, -0.2) is 0 Å². The molecular formula is C33H42N4O. The van der Waals surface area contributed by atoms with Gasteiger partial charge in [0.2, 0.25) is 0 Å². The fraction of sp³-hybridized carbons (Fsp3) is 0.424. The van der Waals surface area contributed by atoms with Gasteiger partial charge in [0.05, 0.1) is 0 Å². The highest BCUT2D eigenvalue weighted by atomic mass is 16.1. The lowest BCUT2D eigenvalue weighted by atomic mass is 10.00. The first-order valence-corrected chi connectivity index (χ1v) is 14.4. The molecule has 2 heterocycles. The number of hydrogen-bond acceptors (Lipinski definition) is 4. The van der Waals surface area contributed by atoms with Crippen LogP contribution in [0.4, 0.5) is 5.69 Å². The van der Waals surface area contributed by atoms with E-state index < -0.39 is 0 Å². The molecule has 5 heteroatoms. The van der Waals surface area contributed by atoms with Crippen molar-refractivity contribution in [3.05, 3.63) is 89.5 Å². The summed E-state index contributed by atoms with van der Waals surface area (Å²) in [5, 5.41) is 3.13. The average Bonchev–Trinajstić information content (AvgIpc) is 3.48. The highest BCUT2D eigenvalue weighted by Gasteiger charge is 2.20. The van der Waals surface area contributed by atoms with Crippen LogP contribution in [-0.2, 0) is 6.42 Å². The lowest BCUT2D eigenvalue weighted by molar-refractivity contribution is 0.0952. The summed E-state index contributed by atoms with van der Waals surface area (Å²) in [6.45, 7) is 11.7. The molecule has 5 rings (SSSR count). The number of amides is 1. The maximum atomic E-state index is 12.9. The third-order valence-corrected chi connectivity index (χ3v) is 7.99. The van der Waals surface area contributed by atoms with Gasteiger partial charge in [-0.3, -0.25) is 9.69 Å². The van der Waals surface area contributed by atoms with E-state index in [0.717, 1.165) is 69.8 Å². The molecule has 3 aromatic rings. The predicted molar refractivity (Wildman–Crippen MR) is 158 cm³/mol. The van der Waals surface area contributed by atoms with Crippen LogP contribution in [0.1, 0.15) is 40.7 Å². The van der Waals surface area contributed by atoms with Crippen LogP contribution in [0, 0.1) is 6.92 Å². The Balaban J connectivity index is 1.17. The molecule has 5 nitrogen and oxygen atoms in total. The van der Waals surface area contributed by atoms with E-state index in [1.165, 1.54) is 48.3 Å². The topological polar surface area (TPSA) is 38.8 Å². The van der Waals surface area contributed by atoms with Crippen LogP contribution in [0.5, 0.6) is 0 Å². The summed E-state index contributed by atoms with van der Waals surface area (Å²) in [6, 6.07) is 25.6. The standard InChI is InChI=1S/C33H42N4O/c1-27-9-6-10-28(25-27)15-20-36-21-23-37(24-22-36)32-14-3-2-13-31(32)29-11-7-12-30(26-29)33(38)34-16-8-19-35-17-4-5-18-35/h2-3,6-7,9-14,25-26H,4-5,8,15-24H2,1H3,(H,34,38). The number of piperazine rings is 1. The molecule has 2 aliphatic heterocycles. The zero-order valence-electron chi connectivity index (χ0n) is 22.9. The van der Waals surface area contributed by atoms with Crippen molar-refractivity contribution >= 4 is 11.6 Å². The fourth-order valence-corrected chi connectivity index (χ4v) is 5.80. The number of hydrogen-bond donors (Lipinski definition) is 1. The molecule has 0 unspecified atom stereocenters. The van der Waals surface area contributed by atoms with E-state index in [9.17, 15) is 4.79 Å².